The second-order valence-electron chi connectivity index (χ2n) is 2.99. The molecular formula is C7H12NO. The Morgan fingerprint density at radius 2 is 1.78 bits per heavy atom. The zero-order chi connectivity index (χ0) is 6.27. The molecule has 0 aromatic heterocycles. The molecule has 2 unspecified atom stereocenters. The van der Waals surface area contributed by atoms with Crippen molar-refractivity contribution in [2.45, 2.75) is 25.0 Å². The van der Waals surface area contributed by atoms with E-state index in [0.717, 1.165) is 13.1 Å². The van der Waals surface area contributed by atoms with E-state index in [-0.39, 0.29) is 0 Å². The number of ether oxygens (including phenoxy) is 1. The van der Waals surface area contributed by atoms with Crippen molar-refractivity contribution >= 4 is 0 Å². The van der Waals surface area contributed by atoms with E-state index < -0.39 is 0 Å². The van der Waals surface area contributed by atoms with Crippen LogP contribution in [0.15, 0.2) is 0 Å². The lowest BCUT2D eigenvalue weighted by molar-refractivity contribution is -0.0235. The summed E-state index contributed by atoms with van der Waals surface area (Å²) in [6, 6.07) is 0. The van der Waals surface area contributed by atoms with Crippen LogP contribution >= 0.6 is 0 Å². The summed E-state index contributed by atoms with van der Waals surface area (Å²) in [7, 11) is 3.89. The summed E-state index contributed by atoms with van der Waals surface area (Å²) in [6.45, 7) is 2.08. The second-order valence-corrected chi connectivity index (χ2v) is 2.99. The number of fused-ring (bicyclic) bond motifs is 2. The van der Waals surface area contributed by atoms with Crippen molar-refractivity contribution in [3.63, 3.8) is 0 Å². The van der Waals surface area contributed by atoms with Gasteiger partial charge in [0.1, 0.15) is 0 Å². The second kappa shape index (κ2) is 1.96. The minimum Gasteiger partial charge on any atom is -0.372 e. The Bertz CT molecular complexity index is 103. The van der Waals surface area contributed by atoms with Crippen LogP contribution in [0.4, 0.5) is 0 Å². The lowest BCUT2D eigenvalue weighted by atomic mass is 10.2. The van der Waals surface area contributed by atoms with Gasteiger partial charge in [0.05, 0.1) is 12.2 Å². The maximum atomic E-state index is 5.59. The molecular weight excluding hydrogens is 114 g/mol. The summed E-state index contributed by atoms with van der Waals surface area (Å²) in [6.07, 6.45) is 3.50. The number of rotatable bonds is 0. The Balaban J connectivity index is 2.03. The summed E-state index contributed by atoms with van der Waals surface area (Å²) in [5, 5.41) is 0. The summed E-state index contributed by atoms with van der Waals surface area (Å²) in [5.74, 6) is 0. The fourth-order valence-electron chi connectivity index (χ4n) is 1.70. The highest BCUT2D eigenvalue weighted by atomic mass is 16.5. The lowest BCUT2D eigenvalue weighted by Crippen LogP contribution is -2.38. The molecule has 0 spiro atoms. The van der Waals surface area contributed by atoms with Gasteiger partial charge in [0, 0.05) is 20.1 Å². The predicted molar refractivity (Wildman–Crippen MR) is 34.8 cm³/mol. The van der Waals surface area contributed by atoms with E-state index in [1.807, 2.05) is 0 Å². The number of morpholine rings is 1. The number of hydrogen-bond acceptors (Lipinski definition) is 2. The molecule has 0 aliphatic carbocycles. The summed E-state index contributed by atoms with van der Waals surface area (Å²) in [4.78, 5) is 2.12. The van der Waals surface area contributed by atoms with Crippen LogP contribution in [0.1, 0.15) is 12.8 Å². The van der Waals surface area contributed by atoms with Crippen LogP contribution in [0.2, 0.25) is 0 Å². The summed E-state index contributed by atoms with van der Waals surface area (Å²) >= 11 is 0. The van der Waals surface area contributed by atoms with Gasteiger partial charge >= 0.3 is 0 Å². The van der Waals surface area contributed by atoms with Gasteiger partial charge in [-0.05, 0) is 12.8 Å². The smallest absolute Gasteiger partial charge is 0.0707 e. The fourth-order valence-corrected chi connectivity index (χ4v) is 1.70. The molecule has 0 amide bonds. The van der Waals surface area contributed by atoms with E-state index >= 15 is 0 Å². The van der Waals surface area contributed by atoms with Gasteiger partial charge in [-0.25, -0.2) is 0 Å². The van der Waals surface area contributed by atoms with E-state index in [1.165, 1.54) is 12.8 Å². The zero-order valence-electron chi connectivity index (χ0n) is 5.55. The van der Waals surface area contributed by atoms with Crippen LogP contribution in [-0.2, 0) is 4.74 Å². The van der Waals surface area contributed by atoms with Crippen LogP contribution in [0, 0.1) is 7.05 Å². The summed E-state index contributed by atoms with van der Waals surface area (Å²) in [5.41, 5.74) is 0. The van der Waals surface area contributed by atoms with Crippen LogP contribution in [0.25, 0.3) is 0 Å². The van der Waals surface area contributed by atoms with E-state index in [4.69, 9.17) is 4.74 Å². The highest BCUT2D eigenvalue weighted by Crippen LogP contribution is 2.25. The van der Waals surface area contributed by atoms with Gasteiger partial charge in [-0.15, -0.1) is 0 Å². The van der Waals surface area contributed by atoms with Gasteiger partial charge in [0.15, 0.2) is 0 Å². The third-order valence-electron chi connectivity index (χ3n) is 2.12. The molecule has 2 bridgehead atoms. The topological polar surface area (TPSA) is 12.5 Å². The third-order valence-corrected chi connectivity index (χ3v) is 2.12. The van der Waals surface area contributed by atoms with Gasteiger partial charge in [-0.3, -0.25) is 4.90 Å². The van der Waals surface area contributed by atoms with E-state index in [2.05, 4.69) is 11.9 Å². The average Bonchev–Trinajstić information content (AvgIpc) is 2.11. The molecule has 2 aliphatic heterocycles. The molecule has 2 rings (SSSR count). The van der Waals surface area contributed by atoms with Crippen molar-refractivity contribution in [1.29, 1.82) is 0 Å². The first kappa shape index (κ1) is 5.69. The highest BCUT2D eigenvalue weighted by Gasteiger charge is 2.31. The van der Waals surface area contributed by atoms with Gasteiger partial charge in [0.2, 0.25) is 0 Å². The molecule has 0 N–H and O–H groups in total. The number of hydrogen-bond donors (Lipinski definition) is 0. The van der Waals surface area contributed by atoms with Gasteiger partial charge in [-0.1, -0.05) is 0 Å². The molecule has 2 heterocycles. The Labute approximate surface area is 55.8 Å². The van der Waals surface area contributed by atoms with Crippen molar-refractivity contribution in [1.82, 2.24) is 4.90 Å². The molecule has 2 fully saturated rings. The molecule has 2 nitrogen and oxygen atoms in total. The first-order valence-corrected chi connectivity index (χ1v) is 3.55. The van der Waals surface area contributed by atoms with Crippen LogP contribution in [-0.4, -0.2) is 30.2 Å². The van der Waals surface area contributed by atoms with Gasteiger partial charge < -0.3 is 4.74 Å². The molecule has 2 heteroatoms. The molecule has 51 valence electrons. The molecule has 2 saturated heterocycles. The Kier molecular flexibility index (Phi) is 1.24. The Morgan fingerprint density at radius 1 is 1.22 bits per heavy atom. The average molecular weight is 126 g/mol. The highest BCUT2D eigenvalue weighted by molar-refractivity contribution is 4.84. The third kappa shape index (κ3) is 0.970. The van der Waals surface area contributed by atoms with E-state index in [9.17, 15) is 0 Å². The molecule has 0 aromatic carbocycles. The van der Waals surface area contributed by atoms with E-state index in [1.54, 1.807) is 0 Å². The minimum absolute atomic E-state index is 0.501. The van der Waals surface area contributed by atoms with Crippen LogP contribution in [0.3, 0.4) is 0 Å². The zero-order valence-corrected chi connectivity index (χ0v) is 5.55. The number of nitrogens with zero attached hydrogens (tertiary/aromatic N) is 1. The number of likely N-dealkylation sites (tertiary alicyclic amines) is 1. The lowest BCUT2D eigenvalue weighted by Gasteiger charge is -2.28. The first-order chi connectivity index (χ1) is 4.34. The molecule has 0 saturated carbocycles. The largest absolute Gasteiger partial charge is 0.372 e. The van der Waals surface area contributed by atoms with Crippen LogP contribution in [0.5, 0.6) is 0 Å². The van der Waals surface area contributed by atoms with Crippen molar-refractivity contribution < 1.29 is 4.74 Å². The summed E-state index contributed by atoms with van der Waals surface area (Å²) < 4.78 is 5.59. The normalized spacial score (nSPS) is 43.7. The van der Waals surface area contributed by atoms with Gasteiger partial charge in [0.25, 0.3) is 0 Å². The van der Waals surface area contributed by atoms with E-state index in [0.29, 0.717) is 12.2 Å². The quantitative estimate of drug-likeness (QED) is 0.472. The van der Waals surface area contributed by atoms with Crippen molar-refractivity contribution in [3.8, 4) is 0 Å². The molecule has 0 aromatic rings. The van der Waals surface area contributed by atoms with Crippen LogP contribution < -0.4 is 0 Å². The predicted octanol–water partition coefficient (Wildman–Crippen LogP) is 0.641. The van der Waals surface area contributed by atoms with Crippen molar-refractivity contribution in [2.24, 2.45) is 0 Å². The maximum Gasteiger partial charge on any atom is 0.0707 e. The minimum atomic E-state index is 0.501. The SMILES string of the molecule is [CH2]N1CC2CCC(C1)O2. The standard InChI is InChI=1S/C7H12NO/c1-8-4-6-2-3-7(5-8)9-6/h6-7H,1-5H2. The molecule has 1 radical (unpaired) electrons. The fraction of sp³-hybridized carbons (Fsp3) is 0.857. The first-order valence-electron chi connectivity index (χ1n) is 3.55. The Morgan fingerprint density at radius 3 is 2.33 bits per heavy atom. The molecule has 9 heavy (non-hydrogen) atoms. The van der Waals surface area contributed by atoms with Gasteiger partial charge in [-0.2, -0.15) is 0 Å². The Hall–Kier alpha value is -0.0800. The molecule has 2 atom stereocenters. The maximum absolute atomic E-state index is 5.59. The monoisotopic (exact) mass is 126 g/mol. The molecule has 2 aliphatic rings. The van der Waals surface area contributed by atoms with Crippen molar-refractivity contribution in [3.05, 3.63) is 7.05 Å². The van der Waals surface area contributed by atoms with Crippen molar-refractivity contribution in [2.75, 3.05) is 13.1 Å².